The minimum absolute atomic E-state index is 0.0224. The molecule has 1 saturated heterocycles. The van der Waals surface area contributed by atoms with Gasteiger partial charge < -0.3 is 20.6 Å². The van der Waals surface area contributed by atoms with Crippen LogP contribution in [0.25, 0.3) is 0 Å². The van der Waals surface area contributed by atoms with Gasteiger partial charge in [-0.3, -0.25) is 14.4 Å². The Kier molecular flexibility index (Phi) is 8.95. The molecule has 202 valence electrons. The fourth-order valence-electron chi connectivity index (χ4n) is 5.43. The van der Waals surface area contributed by atoms with Crippen LogP contribution in [0.3, 0.4) is 0 Å². The summed E-state index contributed by atoms with van der Waals surface area (Å²) < 4.78 is 0. The van der Waals surface area contributed by atoms with Crippen molar-refractivity contribution in [2.75, 3.05) is 18.4 Å². The van der Waals surface area contributed by atoms with Crippen LogP contribution in [0.5, 0.6) is 0 Å². The molecule has 2 aliphatic rings. The Morgan fingerprint density at radius 2 is 1.50 bits per heavy atom. The average Bonchev–Trinajstić information content (AvgIpc) is 3.34. The lowest BCUT2D eigenvalue weighted by Crippen LogP contribution is -2.52. The van der Waals surface area contributed by atoms with Crippen molar-refractivity contribution in [3.05, 3.63) is 63.6 Å². The third-order valence-corrected chi connectivity index (χ3v) is 8.04. The minimum Gasteiger partial charge on any atom is -0.478 e. The highest BCUT2D eigenvalue weighted by atomic mass is 35.5. The van der Waals surface area contributed by atoms with Crippen LogP contribution in [0.2, 0.25) is 10.0 Å². The molecule has 0 unspecified atom stereocenters. The maximum Gasteiger partial charge on any atom is 0.335 e. The van der Waals surface area contributed by atoms with E-state index in [0.717, 1.165) is 12.8 Å². The van der Waals surface area contributed by atoms with Crippen molar-refractivity contribution in [3.8, 4) is 0 Å². The van der Waals surface area contributed by atoms with E-state index in [1.165, 1.54) is 68.1 Å². The number of anilines is 1. The summed E-state index contributed by atoms with van der Waals surface area (Å²) in [7, 11) is 0. The number of carboxylic acids is 1. The van der Waals surface area contributed by atoms with Crippen LogP contribution in [0.1, 0.15) is 72.1 Å². The number of carbonyl (C=O) groups is 4. The highest BCUT2D eigenvalue weighted by Gasteiger charge is 2.39. The van der Waals surface area contributed by atoms with Crippen molar-refractivity contribution < 1.29 is 24.3 Å². The Balaban J connectivity index is 1.42. The third kappa shape index (κ3) is 7.05. The van der Waals surface area contributed by atoms with Gasteiger partial charge in [0.25, 0.3) is 5.91 Å². The van der Waals surface area contributed by atoms with Gasteiger partial charge in [0.05, 0.1) is 5.56 Å². The quantitative estimate of drug-likeness (QED) is 0.400. The Bertz CT molecular complexity index is 1180. The van der Waals surface area contributed by atoms with Gasteiger partial charge in [-0.25, -0.2) is 4.79 Å². The summed E-state index contributed by atoms with van der Waals surface area (Å²) in [6, 6.07) is 9.36. The van der Waals surface area contributed by atoms with Crippen LogP contribution in [0.15, 0.2) is 42.5 Å². The van der Waals surface area contributed by atoms with Gasteiger partial charge >= 0.3 is 5.97 Å². The van der Waals surface area contributed by atoms with Crippen molar-refractivity contribution >= 4 is 52.6 Å². The summed E-state index contributed by atoms with van der Waals surface area (Å²) in [5.41, 5.74) is 1.12. The number of amides is 3. The van der Waals surface area contributed by atoms with Gasteiger partial charge in [0.15, 0.2) is 0 Å². The van der Waals surface area contributed by atoms with Gasteiger partial charge in [0.2, 0.25) is 11.8 Å². The van der Waals surface area contributed by atoms with Crippen LogP contribution in [0.4, 0.5) is 5.69 Å². The fourth-order valence-corrected chi connectivity index (χ4v) is 5.95. The number of nitrogens with zero attached hydrogens (tertiary/aromatic N) is 1. The first-order chi connectivity index (χ1) is 18.1. The van der Waals surface area contributed by atoms with E-state index in [1.54, 1.807) is 4.90 Å². The number of aromatic carboxylic acids is 1. The average molecular weight is 560 g/mol. The fraction of sp³-hybridized carbons (Fsp3) is 0.429. The molecule has 10 heteroatoms. The Morgan fingerprint density at radius 1 is 0.895 bits per heavy atom. The second-order valence-electron chi connectivity index (χ2n) is 10.2. The Hall–Kier alpha value is -3.10. The summed E-state index contributed by atoms with van der Waals surface area (Å²) in [4.78, 5) is 52.0. The summed E-state index contributed by atoms with van der Waals surface area (Å²) in [5.74, 6) is -2.12. The maximum atomic E-state index is 13.5. The zero-order valence-corrected chi connectivity index (χ0v) is 22.5. The molecule has 4 rings (SSSR count). The van der Waals surface area contributed by atoms with Crippen molar-refractivity contribution in [2.24, 2.45) is 5.41 Å². The van der Waals surface area contributed by atoms with E-state index in [1.807, 2.05) is 0 Å². The highest BCUT2D eigenvalue weighted by molar-refractivity contribution is 6.35. The molecule has 8 nitrogen and oxygen atoms in total. The standard InChI is InChI=1S/C28H31Cl2N3O5/c29-20-15-19(16-21(30)17-20)25(35)32-23(26(36)33-13-11-28(12-14-33)9-1-2-10-28)7-8-24(34)31-22-5-3-18(4-6-22)27(37)38/h3-6,15-17,23H,1-2,7-14H2,(H,31,34)(H,32,35)(H,37,38)/t23-/m1/s1. The Labute approximate surface area is 231 Å². The molecule has 1 heterocycles. The van der Waals surface area contributed by atoms with Gasteiger partial charge in [-0.2, -0.15) is 0 Å². The lowest BCUT2D eigenvalue weighted by molar-refractivity contribution is -0.135. The van der Waals surface area contributed by atoms with E-state index < -0.39 is 17.9 Å². The number of rotatable bonds is 8. The number of piperidine rings is 1. The number of hydrogen-bond donors (Lipinski definition) is 3. The predicted molar refractivity (Wildman–Crippen MR) is 146 cm³/mol. The van der Waals surface area contributed by atoms with Crippen molar-refractivity contribution in [2.45, 2.75) is 57.4 Å². The zero-order chi connectivity index (χ0) is 27.3. The van der Waals surface area contributed by atoms with Crippen molar-refractivity contribution in [1.82, 2.24) is 10.2 Å². The number of likely N-dealkylation sites (tertiary alicyclic amines) is 1. The van der Waals surface area contributed by atoms with Crippen molar-refractivity contribution in [3.63, 3.8) is 0 Å². The molecular weight excluding hydrogens is 529 g/mol. The molecule has 3 N–H and O–H groups in total. The monoisotopic (exact) mass is 559 g/mol. The lowest BCUT2D eigenvalue weighted by Gasteiger charge is -2.40. The van der Waals surface area contributed by atoms with Crippen LogP contribution in [-0.2, 0) is 9.59 Å². The molecule has 3 amide bonds. The summed E-state index contributed by atoms with van der Waals surface area (Å²) in [6.07, 6.45) is 6.87. The van der Waals surface area contributed by atoms with Gasteiger partial charge in [0.1, 0.15) is 6.04 Å². The van der Waals surface area contributed by atoms with Gasteiger partial charge in [-0.05, 0) is 80.0 Å². The Morgan fingerprint density at radius 3 is 2.08 bits per heavy atom. The molecule has 1 spiro atoms. The SMILES string of the molecule is O=C(CC[C@@H](NC(=O)c1cc(Cl)cc(Cl)c1)C(=O)N1CCC2(CCCC2)CC1)Nc1ccc(C(=O)O)cc1. The molecular formula is C28H31Cl2N3O5. The zero-order valence-electron chi connectivity index (χ0n) is 21.0. The first-order valence-electron chi connectivity index (χ1n) is 12.8. The van der Waals surface area contributed by atoms with Crippen LogP contribution < -0.4 is 10.6 Å². The van der Waals surface area contributed by atoms with E-state index in [2.05, 4.69) is 10.6 Å². The summed E-state index contributed by atoms with van der Waals surface area (Å²) >= 11 is 12.1. The van der Waals surface area contributed by atoms with E-state index >= 15 is 0 Å². The summed E-state index contributed by atoms with van der Waals surface area (Å²) in [5, 5.41) is 15.1. The lowest BCUT2D eigenvalue weighted by atomic mass is 9.77. The number of benzene rings is 2. The normalized spacial score (nSPS) is 17.2. The van der Waals surface area contributed by atoms with E-state index in [9.17, 15) is 19.2 Å². The third-order valence-electron chi connectivity index (χ3n) is 7.60. The predicted octanol–water partition coefficient (Wildman–Crippen LogP) is 5.39. The van der Waals surface area contributed by atoms with E-state index in [-0.39, 0.29) is 35.8 Å². The highest BCUT2D eigenvalue weighted by Crippen LogP contribution is 2.46. The van der Waals surface area contributed by atoms with Crippen LogP contribution >= 0.6 is 23.2 Å². The number of carbonyl (C=O) groups excluding carboxylic acids is 3. The number of halogens is 2. The van der Waals surface area contributed by atoms with E-state index in [4.69, 9.17) is 28.3 Å². The molecule has 2 fully saturated rings. The molecule has 1 atom stereocenters. The molecule has 1 aliphatic heterocycles. The second-order valence-corrected chi connectivity index (χ2v) is 11.1. The first kappa shape index (κ1) is 27.9. The minimum atomic E-state index is -1.06. The molecule has 0 aromatic heterocycles. The molecule has 2 aromatic carbocycles. The maximum absolute atomic E-state index is 13.5. The number of nitrogens with one attached hydrogen (secondary N) is 2. The van der Waals surface area contributed by atoms with Crippen LogP contribution in [0, 0.1) is 5.41 Å². The summed E-state index contributed by atoms with van der Waals surface area (Å²) in [6.45, 7) is 1.27. The molecule has 38 heavy (non-hydrogen) atoms. The second kappa shape index (κ2) is 12.2. The largest absolute Gasteiger partial charge is 0.478 e. The van der Waals surface area contributed by atoms with Gasteiger partial charge in [-0.15, -0.1) is 0 Å². The number of hydrogen-bond acceptors (Lipinski definition) is 4. The molecule has 2 aromatic rings. The molecule has 1 saturated carbocycles. The smallest absolute Gasteiger partial charge is 0.335 e. The number of carboxylic acid groups (broad SMARTS) is 1. The first-order valence-corrected chi connectivity index (χ1v) is 13.6. The van der Waals surface area contributed by atoms with Crippen molar-refractivity contribution in [1.29, 1.82) is 0 Å². The van der Waals surface area contributed by atoms with Gasteiger partial charge in [0, 0.05) is 40.8 Å². The topological polar surface area (TPSA) is 116 Å². The van der Waals surface area contributed by atoms with E-state index in [0.29, 0.717) is 34.2 Å². The van der Waals surface area contributed by atoms with Crippen LogP contribution in [-0.4, -0.2) is 52.8 Å². The molecule has 0 bridgehead atoms. The van der Waals surface area contributed by atoms with Gasteiger partial charge in [-0.1, -0.05) is 36.0 Å². The molecule has 1 aliphatic carbocycles. The molecule has 0 radical (unpaired) electrons.